The third-order valence-corrected chi connectivity index (χ3v) is 2.73. The largest absolute Gasteiger partial charge is 0.504 e. The number of ether oxygens (including phenoxy) is 1. The van der Waals surface area contributed by atoms with Crippen molar-refractivity contribution in [3.8, 4) is 11.5 Å². The fourth-order valence-corrected chi connectivity index (χ4v) is 1.76. The van der Waals surface area contributed by atoms with Crippen molar-refractivity contribution in [2.45, 2.75) is 5.75 Å². The third kappa shape index (κ3) is 3.71. The molecule has 0 atom stereocenters. The van der Waals surface area contributed by atoms with Crippen molar-refractivity contribution in [1.29, 1.82) is 0 Å². The van der Waals surface area contributed by atoms with E-state index in [2.05, 4.69) is 0 Å². The van der Waals surface area contributed by atoms with Gasteiger partial charge >= 0.3 is 5.97 Å². The monoisotopic (exact) mass is 228 g/mol. The number of phenolic OH excluding ortho intramolecular Hbond substituents is 1. The lowest BCUT2D eigenvalue weighted by molar-refractivity contribution is -0.133. The van der Waals surface area contributed by atoms with Crippen molar-refractivity contribution in [3.05, 3.63) is 23.8 Å². The topological polar surface area (TPSA) is 66.8 Å². The lowest BCUT2D eigenvalue weighted by Gasteiger charge is -2.05. The summed E-state index contributed by atoms with van der Waals surface area (Å²) in [7, 11) is 1.48. The van der Waals surface area contributed by atoms with Crippen LogP contribution >= 0.6 is 11.8 Å². The van der Waals surface area contributed by atoms with Crippen molar-refractivity contribution in [3.63, 3.8) is 0 Å². The van der Waals surface area contributed by atoms with E-state index in [0.29, 0.717) is 11.5 Å². The molecule has 4 nitrogen and oxygen atoms in total. The Bertz CT molecular complexity index is 351. The molecule has 0 unspecified atom stereocenters. The van der Waals surface area contributed by atoms with E-state index in [4.69, 9.17) is 9.84 Å². The molecule has 15 heavy (non-hydrogen) atoms. The summed E-state index contributed by atoms with van der Waals surface area (Å²) >= 11 is 1.30. The Morgan fingerprint density at radius 3 is 2.87 bits per heavy atom. The Labute approximate surface area is 91.9 Å². The number of carboxylic acids is 1. The number of aliphatic carboxylic acids is 1. The zero-order valence-corrected chi connectivity index (χ0v) is 9.08. The van der Waals surface area contributed by atoms with E-state index in [1.807, 2.05) is 0 Å². The van der Waals surface area contributed by atoms with E-state index in [-0.39, 0.29) is 11.5 Å². The van der Waals surface area contributed by atoms with Crippen molar-refractivity contribution >= 4 is 17.7 Å². The zero-order chi connectivity index (χ0) is 11.3. The highest BCUT2D eigenvalue weighted by molar-refractivity contribution is 7.99. The quantitative estimate of drug-likeness (QED) is 0.803. The first-order valence-corrected chi connectivity index (χ1v) is 5.44. The maximum absolute atomic E-state index is 10.3. The summed E-state index contributed by atoms with van der Waals surface area (Å²) in [5.41, 5.74) is 0.927. The van der Waals surface area contributed by atoms with E-state index in [1.165, 1.54) is 24.9 Å². The molecule has 0 heterocycles. The summed E-state index contributed by atoms with van der Waals surface area (Å²) in [5.74, 6) is 0.324. The van der Waals surface area contributed by atoms with Crippen LogP contribution in [0, 0.1) is 0 Å². The normalized spacial score (nSPS) is 9.93. The first-order valence-electron chi connectivity index (χ1n) is 4.29. The van der Waals surface area contributed by atoms with Crippen LogP contribution in [-0.2, 0) is 10.5 Å². The number of thioether (sulfide) groups is 1. The van der Waals surface area contributed by atoms with Crippen LogP contribution in [0.5, 0.6) is 11.5 Å². The van der Waals surface area contributed by atoms with Gasteiger partial charge in [0.05, 0.1) is 12.9 Å². The molecule has 0 bridgehead atoms. The molecule has 0 saturated heterocycles. The molecule has 0 aliphatic rings. The van der Waals surface area contributed by atoms with Crippen LogP contribution in [0.15, 0.2) is 18.2 Å². The fourth-order valence-electron chi connectivity index (χ4n) is 1.07. The Balaban J connectivity index is 2.58. The highest BCUT2D eigenvalue weighted by Gasteiger charge is 2.03. The molecule has 2 N–H and O–H groups in total. The molecule has 0 spiro atoms. The highest BCUT2D eigenvalue weighted by Crippen LogP contribution is 2.27. The van der Waals surface area contributed by atoms with E-state index in [9.17, 15) is 9.90 Å². The summed E-state index contributed by atoms with van der Waals surface area (Å²) in [6, 6.07) is 4.98. The summed E-state index contributed by atoms with van der Waals surface area (Å²) in [6.07, 6.45) is 0. The van der Waals surface area contributed by atoms with Gasteiger partial charge in [0.1, 0.15) is 0 Å². The molecule has 82 valence electrons. The number of carbonyl (C=O) groups is 1. The van der Waals surface area contributed by atoms with Gasteiger partial charge in [0.15, 0.2) is 11.5 Å². The van der Waals surface area contributed by atoms with E-state index >= 15 is 0 Å². The molecule has 1 aromatic carbocycles. The van der Waals surface area contributed by atoms with Gasteiger partial charge in [-0.1, -0.05) is 6.07 Å². The first kappa shape index (κ1) is 11.7. The Kier molecular flexibility index (Phi) is 4.30. The lowest BCUT2D eigenvalue weighted by atomic mass is 10.2. The number of hydrogen-bond donors (Lipinski definition) is 2. The molecule has 0 fully saturated rings. The van der Waals surface area contributed by atoms with Crippen LogP contribution in [0.3, 0.4) is 0 Å². The lowest BCUT2D eigenvalue weighted by Crippen LogP contribution is -1.98. The maximum atomic E-state index is 10.3. The van der Waals surface area contributed by atoms with Gasteiger partial charge in [-0.15, -0.1) is 11.8 Å². The van der Waals surface area contributed by atoms with Gasteiger partial charge in [-0.2, -0.15) is 0 Å². The molecule has 1 aromatic rings. The standard InChI is InChI=1S/C10H12O4S/c1-14-9-4-7(2-3-8(9)11)5-15-6-10(12)13/h2-4,11H,5-6H2,1H3,(H,12,13). The summed E-state index contributed by atoms with van der Waals surface area (Å²) in [5, 5.41) is 17.8. The van der Waals surface area contributed by atoms with Crippen LogP contribution in [0.1, 0.15) is 5.56 Å². The molecule has 0 aromatic heterocycles. The van der Waals surface area contributed by atoms with Gasteiger partial charge in [-0.25, -0.2) is 0 Å². The second-order valence-corrected chi connectivity index (χ2v) is 3.88. The van der Waals surface area contributed by atoms with Crippen LogP contribution in [0.25, 0.3) is 0 Å². The van der Waals surface area contributed by atoms with Gasteiger partial charge in [0.25, 0.3) is 0 Å². The number of hydrogen-bond acceptors (Lipinski definition) is 4. The number of rotatable bonds is 5. The molecule has 0 radical (unpaired) electrons. The number of aromatic hydroxyl groups is 1. The maximum Gasteiger partial charge on any atom is 0.313 e. The van der Waals surface area contributed by atoms with E-state index in [1.54, 1.807) is 12.1 Å². The first-order chi connectivity index (χ1) is 7.13. The second kappa shape index (κ2) is 5.50. The predicted molar refractivity (Wildman–Crippen MR) is 58.5 cm³/mol. The Morgan fingerprint density at radius 1 is 1.53 bits per heavy atom. The minimum Gasteiger partial charge on any atom is -0.504 e. The van der Waals surface area contributed by atoms with Crippen LogP contribution in [-0.4, -0.2) is 29.0 Å². The van der Waals surface area contributed by atoms with Gasteiger partial charge in [-0.05, 0) is 17.7 Å². The number of carboxylic acid groups (broad SMARTS) is 1. The molecule has 0 aliphatic heterocycles. The molecule has 1 rings (SSSR count). The van der Waals surface area contributed by atoms with Crippen molar-refractivity contribution in [2.75, 3.05) is 12.9 Å². The SMILES string of the molecule is COc1cc(CSCC(=O)O)ccc1O. The van der Waals surface area contributed by atoms with Crippen LogP contribution in [0.2, 0.25) is 0 Å². The van der Waals surface area contributed by atoms with Crippen molar-refractivity contribution in [2.24, 2.45) is 0 Å². The number of benzene rings is 1. The number of methoxy groups -OCH3 is 1. The third-order valence-electron chi connectivity index (χ3n) is 1.74. The van der Waals surface area contributed by atoms with E-state index in [0.717, 1.165) is 5.56 Å². The van der Waals surface area contributed by atoms with Crippen LogP contribution < -0.4 is 4.74 Å². The molecular weight excluding hydrogens is 216 g/mol. The molecule has 0 saturated carbocycles. The minimum absolute atomic E-state index is 0.0726. The Morgan fingerprint density at radius 2 is 2.27 bits per heavy atom. The van der Waals surface area contributed by atoms with Crippen molar-refractivity contribution in [1.82, 2.24) is 0 Å². The van der Waals surface area contributed by atoms with Gasteiger partial charge < -0.3 is 14.9 Å². The average Bonchev–Trinajstić information content (AvgIpc) is 2.20. The summed E-state index contributed by atoms with van der Waals surface area (Å²) < 4.78 is 4.94. The summed E-state index contributed by atoms with van der Waals surface area (Å²) in [6.45, 7) is 0. The number of phenols is 1. The smallest absolute Gasteiger partial charge is 0.313 e. The summed E-state index contributed by atoms with van der Waals surface area (Å²) in [4.78, 5) is 10.3. The van der Waals surface area contributed by atoms with Crippen LogP contribution in [0.4, 0.5) is 0 Å². The molecule has 5 heteroatoms. The molecule has 0 amide bonds. The fraction of sp³-hybridized carbons (Fsp3) is 0.300. The molecular formula is C10H12O4S. The van der Waals surface area contributed by atoms with E-state index < -0.39 is 5.97 Å². The van der Waals surface area contributed by atoms with Gasteiger partial charge in [0, 0.05) is 5.75 Å². The minimum atomic E-state index is -0.828. The second-order valence-electron chi connectivity index (χ2n) is 2.89. The average molecular weight is 228 g/mol. The predicted octanol–water partition coefficient (Wildman–Crippen LogP) is 1.72. The molecule has 0 aliphatic carbocycles. The zero-order valence-electron chi connectivity index (χ0n) is 8.27. The van der Waals surface area contributed by atoms with Crippen molar-refractivity contribution < 1.29 is 19.7 Å². The van der Waals surface area contributed by atoms with Gasteiger partial charge in [-0.3, -0.25) is 4.79 Å². The Hall–Kier alpha value is -1.36. The van der Waals surface area contributed by atoms with Gasteiger partial charge in [0.2, 0.25) is 0 Å². The highest BCUT2D eigenvalue weighted by atomic mass is 32.2.